The van der Waals surface area contributed by atoms with Crippen molar-refractivity contribution in [2.45, 2.75) is 25.7 Å². The van der Waals surface area contributed by atoms with Gasteiger partial charge in [0.1, 0.15) is 0 Å². The number of aryl methyl sites for hydroxylation is 1. The van der Waals surface area contributed by atoms with Crippen molar-refractivity contribution < 1.29 is 20.1 Å². The van der Waals surface area contributed by atoms with Gasteiger partial charge in [0, 0.05) is 32.5 Å². The van der Waals surface area contributed by atoms with E-state index < -0.39 is 0 Å². The van der Waals surface area contributed by atoms with Crippen LogP contribution in [0.15, 0.2) is 85.2 Å². The molecule has 0 amide bonds. The molecule has 0 N–H and O–H groups in total. The summed E-state index contributed by atoms with van der Waals surface area (Å²) >= 11 is 0. The van der Waals surface area contributed by atoms with Crippen LogP contribution in [0, 0.1) is 12.1 Å². The van der Waals surface area contributed by atoms with Crippen molar-refractivity contribution in [3.63, 3.8) is 0 Å². The molecule has 0 unspecified atom stereocenters. The molecule has 1 aliphatic rings. The minimum Gasteiger partial charge on any atom is -0.305 e. The third kappa shape index (κ3) is 5.47. The first-order chi connectivity index (χ1) is 13.9. The van der Waals surface area contributed by atoms with E-state index >= 15 is 0 Å². The quantitative estimate of drug-likeness (QED) is 0.285. The van der Waals surface area contributed by atoms with E-state index in [1.807, 2.05) is 60.8 Å². The van der Waals surface area contributed by atoms with Gasteiger partial charge in [0.05, 0.1) is 0 Å². The van der Waals surface area contributed by atoms with Crippen molar-refractivity contribution in [2.75, 3.05) is 0 Å². The normalized spacial score (nSPS) is 12.0. The van der Waals surface area contributed by atoms with Crippen molar-refractivity contribution in [2.24, 2.45) is 0 Å². The second-order valence-electron chi connectivity index (χ2n) is 6.77. The molecular weight excluding hydrogens is 533 g/mol. The van der Waals surface area contributed by atoms with E-state index in [-0.39, 0.29) is 20.1 Å². The third-order valence-corrected chi connectivity index (χ3v) is 4.89. The van der Waals surface area contributed by atoms with E-state index in [2.05, 4.69) is 40.3 Å². The molecule has 2 aromatic carbocycles. The summed E-state index contributed by atoms with van der Waals surface area (Å²) in [5.41, 5.74) is 7.19. The van der Waals surface area contributed by atoms with E-state index in [1.165, 1.54) is 36.8 Å². The smallest absolute Gasteiger partial charge is 0.0163 e. The first-order valence-electron chi connectivity index (χ1n) is 9.74. The number of nitrogens with zero attached hydrogens (tertiary/aromatic N) is 2. The van der Waals surface area contributed by atoms with Gasteiger partial charge in [-0.3, -0.25) is 0 Å². The molecule has 0 spiro atoms. The summed E-state index contributed by atoms with van der Waals surface area (Å²) in [7, 11) is 0. The summed E-state index contributed by atoms with van der Waals surface area (Å²) in [4.78, 5) is 8.75. The topological polar surface area (TPSA) is 25.8 Å². The molecule has 1 radical (unpaired) electrons. The SMILES string of the molecule is [Ir].[c-]1ccccc1-c1ccccn1.[c-]1ccccc1-c1nccc2c1CCCC2. The molecule has 4 aromatic rings. The van der Waals surface area contributed by atoms with Gasteiger partial charge in [0.25, 0.3) is 0 Å². The Kier molecular flexibility index (Phi) is 7.86. The van der Waals surface area contributed by atoms with Crippen molar-refractivity contribution in [3.8, 4) is 22.5 Å². The van der Waals surface area contributed by atoms with Crippen LogP contribution in [0.5, 0.6) is 0 Å². The van der Waals surface area contributed by atoms with Gasteiger partial charge in [0.2, 0.25) is 0 Å². The molecular formula is C26H22IrN2-2. The van der Waals surface area contributed by atoms with E-state index in [9.17, 15) is 0 Å². The van der Waals surface area contributed by atoms with Crippen LogP contribution in [-0.2, 0) is 32.9 Å². The van der Waals surface area contributed by atoms with Gasteiger partial charge in [-0.15, -0.1) is 71.8 Å². The minimum atomic E-state index is 0. The Morgan fingerprint density at radius 3 is 2.07 bits per heavy atom. The molecule has 0 saturated heterocycles. The largest absolute Gasteiger partial charge is 0.305 e. The van der Waals surface area contributed by atoms with E-state index in [4.69, 9.17) is 0 Å². The summed E-state index contributed by atoms with van der Waals surface area (Å²) in [5.74, 6) is 0. The summed E-state index contributed by atoms with van der Waals surface area (Å²) in [6, 6.07) is 30.4. The number of fused-ring (bicyclic) bond motifs is 1. The van der Waals surface area contributed by atoms with Crippen LogP contribution < -0.4 is 0 Å². The number of hydrogen-bond donors (Lipinski definition) is 0. The van der Waals surface area contributed by atoms with E-state index in [0.717, 1.165) is 22.5 Å². The molecule has 3 heteroatoms. The summed E-state index contributed by atoms with van der Waals surface area (Å²) in [5, 5.41) is 0. The van der Waals surface area contributed by atoms with Gasteiger partial charge in [0.15, 0.2) is 0 Å². The first kappa shape index (κ1) is 21.1. The molecule has 2 aromatic heterocycles. The Balaban J connectivity index is 0.000000167. The zero-order chi connectivity index (χ0) is 19.0. The average Bonchev–Trinajstić information content (AvgIpc) is 2.81. The number of benzene rings is 2. The summed E-state index contributed by atoms with van der Waals surface area (Å²) in [6.07, 6.45) is 8.70. The van der Waals surface area contributed by atoms with Crippen LogP contribution in [0.4, 0.5) is 0 Å². The predicted molar refractivity (Wildman–Crippen MR) is 114 cm³/mol. The maximum absolute atomic E-state index is 4.53. The maximum Gasteiger partial charge on any atom is 0.0163 e. The fourth-order valence-corrected chi connectivity index (χ4v) is 3.51. The van der Waals surface area contributed by atoms with Gasteiger partial charge in [-0.2, -0.15) is 0 Å². The molecule has 0 atom stereocenters. The van der Waals surface area contributed by atoms with Crippen LogP contribution in [0.1, 0.15) is 24.0 Å². The standard InChI is InChI=1S/C15H14N.C11H8N.Ir/c1-2-7-13(8-3-1)15-14-9-5-4-6-12(14)10-11-16-15;1-2-6-10(7-3-1)11-8-4-5-9-12-11;/h1-3,7,10-11H,4-6,9H2;1-6,8-9H;/q2*-1;. The maximum atomic E-state index is 4.53. The predicted octanol–water partition coefficient (Wildman–Crippen LogP) is 5.97. The fourth-order valence-electron chi connectivity index (χ4n) is 3.51. The minimum absolute atomic E-state index is 0. The fraction of sp³-hybridized carbons (Fsp3) is 0.154. The second-order valence-corrected chi connectivity index (χ2v) is 6.77. The molecule has 5 rings (SSSR count). The van der Waals surface area contributed by atoms with Gasteiger partial charge in [-0.25, -0.2) is 0 Å². The van der Waals surface area contributed by atoms with Gasteiger partial charge in [-0.1, -0.05) is 23.3 Å². The Morgan fingerprint density at radius 2 is 1.38 bits per heavy atom. The summed E-state index contributed by atoms with van der Waals surface area (Å²) < 4.78 is 0. The Hall–Kier alpha value is -2.61. The van der Waals surface area contributed by atoms with Gasteiger partial charge < -0.3 is 9.97 Å². The second kappa shape index (κ2) is 10.8. The van der Waals surface area contributed by atoms with Crippen molar-refractivity contribution in [3.05, 3.63) is 108 Å². The molecule has 0 saturated carbocycles. The molecule has 147 valence electrons. The zero-order valence-electron chi connectivity index (χ0n) is 16.1. The molecule has 0 bridgehead atoms. The van der Waals surface area contributed by atoms with Crippen LogP contribution in [0.2, 0.25) is 0 Å². The van der Waals surface area contributed by atoms with E-state index in [0.29, 0.717) is 0 Å². The molecule has 2 heterocycles. The molecule has 2 nitrogen and oxygen atoms in total. The number of rotatable bonds is 2. The molecule has 1 aliphatic carbocycles. The number of pyridine rings is 2. The van der Waals surface area contributed by atoms with Gasteiger partial charge >= 0.3 is 0 Å². The van der Waals surface area contributed by atoms with Crippen molar-refractivity contribution in [1.29, 1.82) is 0 Å². The number of aromatic nitrogens is 2. The van der Waals surface area contributed by atoms with Crippen LogP contribution >= 0.6 is 0 Å². The Labute approximate surface area is 186 Å². The number of hydrogen-bond acceptors (Lipinski definition) is 2. The monoisotopic (exact) mass is 555 g/mol. The van der Waals surface area contributed by atoms with Crippen LogP contribution in [0.3, 0.4) is 0 Å². The third-order valence-electron chi connectivity index (χ3n) is 4.89. The Morgan fingerprint density at radius 1 is 0.655 bits per heavy atom. The average molecular weight is 555 g/mol. The Bertz CT molecular complexity index is 965. The van der Waals surface area contributed by atoms with Crippen molar-refractivity contribution >= 4 is 0 Å². The molecule has 0 aliphatic heterocycles. The van der Waals surface area contributed by atoms with Crippen molar-refractivity contribution in [1.82, 2.24) is 9.97 Å². The van der Waals surface area contributed by atoms with Crippen LogP contribution in [-0.4, -0.2) is 9.97 Å². The van der Waals surface area contributed by atoms with Crippen LogP contribution in [0.25, 0.3) is 22.5 Å². The molecule has 29 heavy (non-hydrogen) atoms. The molecule has 0 fully saturated rings. The van der Waals surface area contributed by atoms with Gasteiger partial charge in [-0.05, 0) is 49.2 Å². The zero-order valence-corrected chi connectivity index (χ0v) is 18.5. The van der Waals surface area contributed by atoms with E-state index in [1.54, 1.807) is 6.20 Å². The first-order valence-corrected chi connectivity index (χ1v) is 9.74. The summed E-state index contributed by atoms with van der Waals surface area (Å²) in [6.45, 7) is 0.